The number of nitrogens with zero attached hydrogens (tertiary/aromatic N) is 2. The number of para-hydroxylation sites is 4. The molecule has 9 aromatic carbocycles. The molecule has 0 unspecified atom stereocenters. The number of fused-ring (bicyclic) bond motifs is 6. The molecule has 0 atom stereocenters. The zero-order valence-electron chi connectivity index (χ0n) is 30.7. The van der Waals surface area contributed by atoms with Gasteiger partial charge in [-0.15, -0.1) is 0 Å². The minimum atomic E-state index is 1.17. The standard InChI is InChI=1S/C54H36N2/c1-3-16-37(17-4-1)39-20-15-21-42(34-39)44-23-8-12-27-50(44)55-52-29-14-10-25-46(52)48-35-40(31-33-53(48)55)41-30-32-47-45-24-9-13-28-51(45)56(54(47)36-41)49-26-11-7-22-43(49)38-18-5-2-6-19-38/h1-36H. The molecule has 2 nitrogen and oxygen atoms in total. The Morgan fingerprint density at radius 1 is 0.214 bits per heavy atom. The summed E-state index contributed by atoms with van der Waals surface area (Å²) in [6, 6.07) is 79.4. The normalized spacial score (nSPS) is 11.6. The van der Waals surface area contributed by atoms with Crippen molar-refractivity contribution < 1.29 is 0 Å². The molecule has 262 valence electrons. The van der Waals surface area contributed by atoms with Crippen LogP contribution in [0.1, 0.15) is 0 Å². The third-order valence-electron chi connectivity index (χ3n) is 11.3. The van der Waals surface area contributed by atoms with Crippen LogP contribution in [0.25, 0.3) is 99.5 Å². The van der Waals surface area contributed by atoms with E-state index >= 15 is 0 Å². The summed E-state index contributed by atoms with van der Waals surface area (Å²) in [5, 5.41) is 4.98. The molecule has 11 aromatic rings. The quantitative estimate of drug-likeness (QED) is 0.162. The Morgan fingerprint density at radius 2 is 0.661 bits per heavy atom. The van der Waals surface area contributed by atoms with E-state index in [0.717, 1.165) is 0 Å². The molecule has 0 spiro atoms. The van der Waals surface area contributed by atoms with Gasteiger partial charge in [0.15, 0.2) is 0 Å². The van der Waals surface area contributed by atoms with Gasteiger partial charge in [0.2, 0.25) is 0 Å². The van der Waals surface area contributed by atoms with Gasteiger partial charge >= 0.3 is 0 Å². The molecule has 2 aromatic heterocycles. The Kier molecular flexibility index (Phi) is 7.53. The van der Waals surface area contributed by atoms with Crippen LogP contribution >= 0.6 is 0 Å². The minimum absolute atomic E-state index is 1.17. The van der Waals surface area contributed by atoms with E-state index in [1.807, 2.05) is 0 Å². The summed E-state index contributed by atoms with van der Waals surface area (Å²) in [5.74, 6) is 0. The molecule has 0 radical (unpaired) electrons. The SMILES string of the molecule is c1ccc(-c2cccc(-c3ccccc3-n3c4ccccc4c4cc(-c5ccc6c7ccccc7n(-c7ccccc7-c7ccccc7)c6c5)ccc43)c2)cc1. The predicted molar refractivity (Wildman–Crippen MR) is 237 cm³/mol. The summed E-state index contributed by atoms with van der Waals surface area (Å²) in [6.45, 7) is 0. The van der Waals surface area contributed by atoms with Crippen LogP contribution in [0, 0.1) is 0 Å². The smallest absolute Gasteiger partial charge is 0.0547 e. The highest BCUT2D eigenvalue weighted by Crippen LogP contribution is 2.41. The summed E-state index contributed by atoms with van der Waals surface area (Å²) < 4.78 is 4.89. The number of aromatic nitrogens is 2. The zero-order chi connectivity index (χ0) is 37.0. The van der Waals surface area contributed by atoms with Crippen molar-refractivity contribution in [2.75, 3.05) is 0 Å². The molecular formula is C54H36N2. The van der Waals surface area contributed by atoms with Crippen molar-refractivity contribution in [3.8, 4) is 55.9 Å². The molecule has 0 aliphatic carbocycles. The van der Waals surface area contributed by atoms with Crippen molar-refractivity contribution in [3.05, 3.63) is 218 Å². The fourth-order valence-electron chi connectivity index (χ4n) is 8.76. The van der Waals surface area contributed by atoms with E-state index in [1.54, 1.807) is 0 Å². The van der Waals surface area contributed by atoms with E-state index in [4.69, 9.17) is 0 Å². The van der Waals surface area contributed by atoms with Crippen LogP contribution < -0.4 is 0 Å². The van der Waals surface area contributed by atoms with E-state index in [1.165, 1.54) is 99.5 Å². The van der Waals surface area contributed by atoms with Gasteiger partial charge in [0, 0.05) is 32.7 Å². The van der Waals surface area contributed by atoms with Gasteiger partial charge in [0.1, 0.15) is 0 Å². The van der Waals surface area contributed by atoms with Gasteiger partial charge in [-0.2, -0.15) is 0 Å². The Morgan fingerprint density at radius 3 is 1.38 bits per heavy atom. The van der Waals surface area contributed by atoms with Crippen LogP contribution in [0.2, 0.25) is 0 Å². The van der Waals surface area contributed by atoms with E-state index < -0.39 is 0 Å². The second kappa shape index (κ2) is 13.2. The molecule has 0 bridgehead atoms. The molecule has 0 saturated carbocycles. The van der Waals surface area contributed by atoms with Gasteiger partial charge in [-0.25, -0.2) is 0 Å². The third-order valence-corrected chi connectivity index (χ3v) is 11.3. The molecule has 0 amide bonds. The predicted octanol–water partition coefficient (Wildman–Crippen LogP) is 14.5. The largest absolute Gasteiger partial charge is 0.309 e. The highest BCUT2D eigenvalue weighted by Gasteiger charge is 2.19. The fourth-order valence-corrected chi connectivity index (χ4v) is 8.76. The zero-order valence-corrected chi connectivity index (χ0v) is 30.7. The first-order valence-corrected chi connectivity index (χ1v) is 19.3. The maximum atomic E-state index is 2.45. The molecule has 0 aliphatic heterocycles. The average Bonchev–Trinajstić information content (AvgIpc) is 3.79. The lowest BCUT2D eigenvalue weighted by atomic mass is 9.98. The lowest BCUT2D eigenvalue weighted by Crippen LogP contribution is -1.97. The van der Waals surface area contributed by atoms with Crippen molar-refractivity contribution in [2.45, 2.75) is 0 Å². The molecule has 56 heavy (non-hydrogen) atoms. The molecule has 2 heteroatoms. The van der Waals surface area contributed by atoms with Gasteiger partial charge in [0.25, 0.3) is 0 Å². The highest BCUT2D eigenvalue weighted by molar-refractivity contribution is 6.13. The van der Waals surface area contributed by atoms with Gasteiger partial charge in [-0.05, 0) is 81.9 Å². The van der Waals surface area contributed by atoms with Crippen LogP contribution in [-0.2, 0) is 0 Å². The molecule has 0 saturated heterocycles. The Balaban J connectivity index is 1.09. The Bertz CT molecular complexity index is 3240. The maximum absolute atomic E-state index is 2.45. The fraction of sp³-hybridized carbons (Fsp3) is 0. The lowest BCUT2D eigenvalue weighted by molar-refractivity contribution is 1.18. The van der Waals surface area contributed by atoms with Crippen molar-refractivity contribution in [1.29, 1.82) is 0 Å². The number of hydrogen-bond donors (Lipinski definition) is 0. The maximum Gasteiger partial charge on any atom is 0.0547 e. The summed E-state index contributed by atoms with van der Waals surface area (Å²) >= 11 is 0. The van der Waals surface area contributed by atoms with E-state index in [2.05, 4.69) is 228 Å². The second-order valence-electron chi connectivity index (χ2n) is 14.5. The van der Waals surface area contributed by atoms with Gasteiger partial charge in [-0.1, -0.05) is 170 Å². The highest BCUT2D eigenvalue weighted by atomic mass is 15.0. The molecule has 11 rings (SSSR count). The minimum Gasteiger partial charge on any atom is -0.309 e. The van der Waals surface area contributed by atoms with Gasteiger partial charge in [0.05, 0.1) is 33.4 Å². The lowest BCUT2D eigenvalue weighted by Gasteiger charge is -2.15. The van der Waals surface area contributed by atoms with Crippen LogP contribution in [0.15, 0.2) is 218 Å². The molecule has 2 heterocycles. The first-order valence-electron chi connectivity index (χ1n) is 19.3. The van der Waals surface area contributed by atoms with Gasteiger partial charge < -0.3 is 9.13 Å². The summed E-state index contributed by atoms with van der Waals surface area (Å²) in [4.78, 5) is 0. The number of benzene rings is 9. The summed E-state index contributed by atoms with van der Waals surface area (Å²) in [6.07, 6.45) is 0. The average molecular weight is 713 g/mol. The monoisotopic (exact) mass is 712 g/mol. The number of hydrogen-bond acceptors (Lipinski definition) is 0. The third kappa shape index (κ3) is 5.19. The Labute approximate surface area is 325 Å². The topological polar surface area (TPSA) is 9.86 Å². The molecule has 0 aliphatic rings. The number of rotatable bonds is 6. The molecule has 0 fully saturated rings. The van der Waals surface area contributed by atoms with Crippen LogP contribution in [0.4, 0.5) is 0 Å². The van der Waals surface area contributed by atoms with Crippen molar-refractivity contribution in [1.82, 2.24) is 9.13 Å². The summed E-state index contributed by atoms with van der Waals surface area (Å²) in [5.41, 5.74) is 16.7. The van der Waals surface area contributed by atoms with E-state index in [9.17, 15) is 0 Å². The molecule has 0 N–H and O–H groups in total. The van der Waals surface area contributed by atoms with Crippen LogP contribution in [0.5, 0.6) is 0 Å². The van der Waals surface area contributed by atoms with Crippen molar-refractivity contribution in [2.24, 2.45) is 0 Å². The van der Waals surface area contributed by atoms with Crippen LogP contribution in [-0.4, -0.2) is 9.13 Å². The van der Waals surface area contributed by atoms with Crippen molar-refractivity contribution in [3.63, 3.8) is 0 Å². The summed E-state index contributed by atoms with van der Waals surface area (Å²) in [7, 11) is 0. The Hall–Kier alpha value is -7.42. The van der Waals surface area contributed by atoms with Crippen LogP contribution in [0.3, 0.4) is 0 Å². The van der Waals surface area contributed by atoms with E-state index in [-0.39, 0.29) is 0 Å². The first kappa shape index (κ1) is 32.0. The second-order valence-corrected chi connectivity index (χ2v) is 14.5. The van der Waals surface area contributed by atoms with E-state index in [0.29, 0.717) is 0 Å². The first-order chi connectivity index (χ1) is 27.8. The van der Waals surface area contributed by atoms with Crippen molar-refractivity contribution >= 4 is 43.6 Å². The molecular weight excluding hydrogens is 677 g/mol. The van der Waals surface area contributed by atoms with Gasteiger partial charge in [-0.3, -0.25) is 0 Å².